The summed E-state index contributed by atoms with van der Waals surface area (Å²) in [5, 5.41) is 0. The molecule has 0 aliphatic heterocycles. The van der Waals surface area contributed by atoms with Gasteiger partial charge in [-0.05, 0) is 12.1 Å². The number of benzene rings is 1. The van der Waals surface area contributed by atoms with E-state index >= 15 is 0 Å². The molecule has 2 rings (SSSR count). The maximum absolute atomic E-state index is 11.7. The van der Waals surface area contributed by atoms with Gasteiger partial charge in [-0.1, -0.05) is 18.2 Å². The van der Waals surface area contributed by atoms with Gasteiger partial charge in [0.15, 0.2) is 0 Å². The molecule has 0 bridgehead atoms. The SMILES string of the molecule is Cn1c(=O)n(-c2ccccc2)c[n+]1C. The third-order valence-electron chi connectivity index (χ3n) is 2.27. The first-order chi connectivity index (χ1) is 6.70. The molecule has 0 amide bonds. The van der Waals surface area contributed by atoms with Crippen molar-refractivity contribution in [2.24, 2.45) is 14.1 Å². The van der Waals surface area contributed by atoms with Crippen molar-refractivity contribution in [1.29, 1.82) is 0 Å². The number of aryl methyl sites for hydroxylation is 1. The summed E-state index contributed by atoms with van der Waals surface area (Å²) in [5.41, 5.74) is 0.840. The molecule has 0 saturated carbocycles. The number of hydrogen-bond acceptors (Lipinski definition) is 1. The monoisotopic (exact) mass is 190 g/mol. The first kappa shape index (κ1) is 8.74. The van der Waals surface area contributed by atoms with Crippen LogP contribution in [0.15, 0.2) is 41.5 Å². The van der Waals surface area contributed by atoms with Crippen LogP contribution in [-0.4, -0.2) is 9.25 Å². The molecular formula is C10H12N3O+. The largest absolute Gasteiger partial charge is 0.451 e. The van der Waals surface area contributed by atoms with E-state index in [0.717, 1.165) is 5.69 Å². The lowest BCUT2D eigenvalue weighted by Crippen LogP contribution is -2.40. The van der Waals surface area contributed by atoms with Crippen LogP contribution in [0.2, 0.25) is 0 Å². The van der Waals surface area contributed by atoms with Crippen LogP contribution in [0.25, 0.3) is 5.69 Å². The van der Waals surface area contributed by atoms with E-state index in [2.05, 4.69) is 0 Å². The van der Waals surface area contributed by atoms with Gasteiger partial charge in [0.2, 0.25) is 0 Å². The van der Waals surface area contributed by atoms with Crippen molar-refractivity contribution in [3.05, 3.63) is 47.1 Å². The van der Waals surface area contributed by atoms with Crippen LogP contribution in [0.5, 0.6) is 0 Å². The lowest BCUT2D eigenvalue weighted by atomic mass is 10.3. The average Bonchev–Trinajstić information content (AvgIpc) is 2.47. The molecule has 0 radical (unpaired) electrons. The highest BCUT2D eigenvalue weighted by Crippen LogP contribution is 2.01. The Morgan fingerprint density at radius 3 is 2.36 bits per heavy atom. The molecule has 1 aromatic carbocycles. The van der Waals surface area contributed by atoms with E-state index < -0.39 is 0 Å². The normalized spacial score (nSPS) is 10.4. The summed E-state index contributed by atoms with van der Waals surface area (Å²) in [6.45, 7) is 0. The van der Waals surface area contributed by atoms with Gasteiger partial charge >= 0.3 is 5.69 Å². The zero-order chi connectivity index (χ0) is 10.1. The van der Waals surface area contributed by atoms with E-state index in [1.165, 1.54) is 0 Å². The van der Waals surface area contributed by atoms with E-state index in [0.29, 0.717) is 0 Å². The minimum atomic E-state index is -0.0429. The second kappa shape index (κ2) is 3.14. The second-order valence-corrected chi connectivity index (χ2v) is 3.20. The van der Waals surface area contributed by atoms with Crippen molar-refractivity contribution >= 4 is 0 Å². The number of hydrogen-bond donors (Lipinski definition) is 0. The molecule has 0 atom stereocenters. The third kappa shape index (κ3) is 1.25. The fourth-order valence-corrected chi connectivity index (χ4v) is 1.35. The molecule has 0 fully saturated rings. The first-order valence-electron chi connectivity index (χ1n) is 4.40. The van der Waals surface area contributed by atoms with E-state index in [4.69, 9.17) is 0 Å². The molecule has 72 valence electrons. The van der Waals surface area contributed by atoms with Gasteiger partial charge in [0.1, 0.15) is 12.7 Å². The zero-order valence-corrected chi connectivity index (χ0v) is 8.21. The van der Waals surface area contributed by atoms with E-state index in [1.54, 1.807) is 27.3 Å². The van der Waals surface area contributed by atoms with E-state index in [9.17, 15) is 4.79 Å². The fourth-order valence-electron chi connectivity index (χ4n) is 1.35. The highest BCUT2D eigenvalue weighted by atomic mass is 16.2. The minimum absolute atomic E-state index is 0.0429. The quantitative estimate of drug-likeness (QED) is 0.582. The van der Waals surface area contributed by atoms with E-state index in [-0.39, 0.29) is 5.69 Å². The van der Waals surface area contributed by atoms with Gasteiger partial charge in [-0.2, -0.15) is 4.68 Å². The van der Waals surface area contributed by atoms with Crippen molar-refractivity contribution in [2.45, 2.75) is 0 Å². The summed E-state index contributed by atoms with van der Waals surface area (Å²) in [4.78, 5) is 11.7. The first-order valence-corrected chi connectivity index (χ1v) is 4.40. The van der Waals surface area contributed by atoms with Crippen LogP contribution in [-0.2, 0) is 14.1 Å². The highest BCUT2D eigenvalue weighted by Gasteiger charge is 2.13. The molecule has 0 aliphatic rings. The van der Waals surface area contributed by atoms with E-state index in [1.807, 2.05) is 37.4 Å². The Bertz CT molecular complexity index is 496. The Labute approximate surface area is 81.6 Å². The number of para-hydroxylation sites is 1. The second-order valence-electron chi connectivity index (χ2n) is 3.20. The van der Waals surface area contributed by atoms with Gasteiger partial charge < -0.3 is 0 Å². The lowest BCUT2D eigenvalue weighted by Gasteiger charge is -1.90. The fraction of sp³-hybridized carbons (Fsp3) is 0.200. The summed E-state index contributed by atoms with van der Waals surface area (Å²) in [5.74, 6) is 0. The van der Waals surface area contributed by atoms with Crippen LogP contribution in [0.4, 0.5) is 0 Å². The van der Waals surface area contributed by atoms with Crippen LogP contribution in [0.3, 0.4) is 0 Å². The molecule has 0 N–H and O–H groups in total. The van der Waals surface area contributed by atoms with Crippen molar-refractivity contribution < 1.29 is 4.68 Å². The van der Waals surface area contributed by atoms with Crippen molar-refractivity contribution in [1.82, 2.24) is 9.25 Å². The van der Waals surface area contributed by atoms with Gasteiger partial charge in [0.05, 0.1) is 7.05 Å². The smallest absolute Gasteiger partial charge is 0.216 e. The average molecular weight is 190 g/mol. The Balaban J connectivity index is 2.64. The van der Waals surface area contributed by atoms with Gasteiger partial charge in [-0.15, -0.1) is 9.25 Å². The highest BCUT2D eigenvalue weighted by molar-refractivity contribution is 5.29. The molecule has 4 nitrogen and oxygen atoms in total. The van der Waals surface area contributed by atoms with Gasteiger partial charge in [-0.25, -0.2) is 4.79 Å². The standard InChI is InChI=1S/C10H12N3O/c1-11-8-13(10(14)12(11)2)9-6-4-3-5-7-9/h3-8H,1-2H3/q+1. The maximum atomic E-state index is 11.7. The number of aromatic nitrogens is 3. The summed E-state index contributed by atoms with van der Waals surface area (Å²) >= 11 is 0. The summed E-state index contributed by atoms with van der Waals surface area (Å²) in [7, 11) is 3.57. The summed E-state index contributed by atoms with van der Waals surface area (Å²) in [6, 6.07) is 9.56. The van der Waals surface area contributed by atoms with Crippen LogP contribution < -0.4 is 10.4 Å². The Kier molecular flexibility index (Phi) is 1.96. The Hall–Kier alpha value is -1.84. The number of nitrogens with zero attached hydrogens (tertiary/aromatic N) is 3. The lowest BCUT2D eigenvalue weighted by molar-refractivity contribution is -0.753. The predicted octanol–water partition coefficient (Wildman–Crippen LogP) is 0.000500. The predicted molar refractivity (Wildman–Crippen MR) is 52.2 cm³/mol. The van der Waals surface area contributed by atoms with Crippen LogP contribution >= 0.6 is 0 Å². The van der Waals surface area contributed by atoms with Crippen LogP contribution in [0.1, 0.15) is 0 Å². The van der Waals surface area contributed by atoms with Gasteiger partial charge in [0, 0.05) is 0 Å². The Morgan fingerprint density at radius 2 is 1.86 bits per heavy atom. The van der Waals surface area contributed by atoms with Crippen LogP contribution in [0, 0.1) is 0 Å². The van der Waals surface area contributed by atoms with Crippen molar-refractivity contribution in [2.75, 3.05) is 0 Å². The van der Waals surface area contributed by atoms with Crippen molar-refractivity contribution in [3.8, 4) is 5.69 Å². The summed E-state index contributed by atoms with van der Waals surface area (Å²) < 4.78 is 4.91. The Morgan fingerprint density at radius 1 is 1.21 bits per heavy atom. The summed E-state index contributed by atoms with van der Waals surface area (Å²) in [6.07, 6.45) is 1.76. The van der Waals surface area contributed by atoms with Gasteiger partial charge in [0.25, 0.3) is 6.33 Å². The molecule has 1 aromatic heterocycles. The molecule has 0 aliphatic carbocycles. The molecule has 4 heteroatoms. The third-order valence-corrected chi connectivity index (χ3v) is 2.27. The minimum Gasteiger partial charge on any atom is -0.216 e. The zero-order valence-electron chi connectivity index (χ0n) is 8.21. The van der Waals surface area contributed by atoms with Crippen molar-refractivity contribution in [3.63, 3.8) is 0 Å². The molecule has 1 heterocycles. The molecule has 0 saturated heterocycles. The molecule has 0 unspecified atom stereocenters. The maximum Gasteiger partial charge on any atom is 0.451 e. The molecular weight excluding hydrogens is 178 g/mol. The topological polar surface area (TPSA) is 30.8 Å². The van der Waals surface area contributed by atoms with Gasteiger partial charge in [-0.3, -0.25) is 0 Å². The molecule has 2 aromatic rings. The molecule has 14 heavy (non-hydrogen) atoms. The molecule has 0 spiro atoms. The number of rotatable bonds is 1.